The molecule has 37 heavy (non-hydrogen) atoms. The summed E-state index contributed by atoms with van der Waals surface area (Å²) >= 11 is 2.11. The van der Waals surface area contributed by atoms with Crippen LogP contribution < -0.4 is 5.32 Å². The summed E-state index contributed by atoms with van der Waals surface area (Å²) in [7, 11) is 2.01. The van der Waals surface area contributed by atoms with Crippen molar-refractivity contribution in [2.24, 2.45) is 5.92 Å². The lowest BCUT2D eigenvalue weighted by Crippen LogP contribution is -2.39. The van der Waals surface area contributed by atoms with Crippen molar-refractivity contribution < 1.29 is 5.11 Å². The molecule has 0 spiro atoms. The Morgan fingerprint density at radius 3 is 2.51 bits per heavy atom. The number of hydrogen-bond acceptors (Lipinski definition) is 3. The lowest BCUT2D eigenvalue weighted by Gasteiger charge is -2.41. The molecular formula is C33H52N2OS. The van der Waals surface area contributed by atoms with Crippen molar-refractivity contribution in [2.75, 3.05) is 19.3 Å². The quantitative estimate of drug-likeness (QED) is 0.204. The minimum Gasteiger partial charge on any atom is -0.388 e. The van der Waals surface area contributed by atoms with Gasteiger partial charge in [-0.3, -0.25) is 0 Å². The molecule has 3 unspecified atom stereocenters. The van der Waals surface area contributed by atoms with Crippen molar-refractivity contribution in [3.05, 3.63) is 59.3 Å². The average Bonchev–Trinajstić information content (AvgIpc) is 3.31. The summed E-state index contributed by atoms with van der Waals surface area (Å²) in [5, 5.41) is 16.3. The maximum Gasteiger partial charge on any atom is 0.0793 e. The summed E-state index contributed by atoms with van der Waals surface area (Å²) in [6, 6.07) is 8.74. The highest BCUT2D eigenvalue weighted by molar-refractivity contribution is 8.00. The number of hydrogen-bond donors (Lipinski definition) is 3. The number of aromatic nitrogens is 1. The highest BCUT2D eigenvalue weighted by Gasteiger charge is 2.42. The van der Waals surface area contributed by atoms with E-state index in [2.05, 4.69) is 86.5 Å². The van der Waals surface area contributed by atoms with Crippen molar-refractivity contribution in [1.82, 2.24) is 10.3 Å². The van der Waals surface area contributed by atoms with Crippen molar-refractivity contribution >= 4 is 22.7 Å². The summed E-state index contributed by atoms with van der Waals surface area (Å²) in [6.07, 6.45) is 13.2. The fourth-order valence-corrected chi connectivity index (χ4v) is 7.17. The molecule has 0 fully saturated rings. The zero-order chi connectivity index (χ0) is 27.8. The number of H-pyrrole nitrogens is 1. The minimum atomic E-state index is -0.383. The number of para-hydroxylation sites is 1. The first-order chi connectivity index (χ1) is 17.9. The van der Waals surface area contributed by atoms with Crippen LogP contribution in [0.2, 0.25) is 0 Å². The van der Waals surface area contributed by atoms with Gasteiger partial charge in [-0.05, 0) is 69.0 Å². The third-order valence-electron chi connectivity index (χ3n) is 7.24. The van der Waals surface area contributed by atoms with Gasteiger partial charge in [0.1, 0.15) is 0 Å². The van der Waals surface area contributed by atoms with Gasteiger partial charge in [-0.25, -0.2) is 0 Å². The lowest BCUT2D eigenvalue weighted by atomic mass is 9.80. The number of aliphatic hydroxyl groups is 1. The molecule has 206 valence electrons. The Balaban J connectivity index is 0.000000874. The van der Waals surface area contributed by atoms with Gasteiger partial charge in [0.25, 0.3) is 0 Å². The normalized spacial score (nSPS) is 18.7. The van der Waals surface area contributed by atoms with Gasteiger partial charge >= 0.3 is 0 Å². The number of nitrogens with one attached hydrogen (secondary N) is 2. The number of benzene rings is 1. The predicted molar refractivity (Wildman–Crippen MR) is 167 cm³/mol. The van der Waals surface area contributed by atoms with E-state index in [1.807, 2.05) is 20.9 Å². The summed E-state index contributed by atoms with van der Waals surface area (Å²) in [4.78, 5) is 3.82. The molecule has 2 heterocycles. The third kappa shape index (κ3) is 8.54. The molecule has 1 aromatic carbocycles. The zero-order valence-corrected chi connectivity index (χ0v) is 25.4. The Labute approximate surface area is 232 Å². The van der Waals surface area contributed by atoms with E-state index in [9.17, 15) is 5.11 Å². The second kappa shape index (κ2) is 17.6. The van der Waals surface area contributed by atoms with Crippen LogP contribution in [0.25, 0.3) is 10.9 Å². The van der Waals surface area contributed by atoms with E-state index >= 15 is 0 Å². The number of aromatic amines is 1. The van der Waals surface area contributed by atoms with Crippen LogP contribution in [-0.2, 0) is 11.2 Å². The van der Waals surface area contributed by atoms with Crippen molar-refractivity contribution in [3.8, 4) is 12.3 Å². The van der Waals surface area contributed by atoms with Gasteiger partial charge in [-0.2, -0.15) is 0 Å². The smallest absolute Gasteiger partial charge is 0.0793 e. The SMILES string of the molecule is C#CCC=C.CC.CCCC1(CC(CNC)C(O)/C(CC)=C(/C)CC)SCCc2c1[nH]c1ccccc21. The van der Waals surface area contributed by atoms with Gasteiger partial charge in [0.2, 0.25) is 0 Å². The number of rotatable bonds is 11. The van der Waals surface area contributed by atoms with Crippen LogP contribution in [0, 0.1) is 18.3 Å². The molecule has 4 heteroatoms. The van der Waals surface area contributed by atoms with E-state index in [4.69, 9.17) is 6.42 Å². The largest absolute Gasteiger partial charge is 0.388 e. The number of terminal acetylenes is 1. The summed E-state index contributed by atoms with van der Waals surface area (Å²) < 4.78 is 0.0445. The first-order valence-corrected chi connectivity index (χ1v) is 15.2. The van der Waals surface area contributed by atoms with E-state index in [0.717, 1.165) is 50.8 Å². The monoisotopic (exact) mass is 524 g/mol. The third-order valence-corrected chi connectivity index (χ3v) is 8.77. The van der Waals surface area contributed by atoms with Crippen molar-refractivity contribution in [3.63, 3.8) is 0 Å². The highest BCUT2D eigenvalue weighted by atomic mass is 32.2. The highest BCUT2D eigenvalue weighted by Crippen LogP contribution is 2.52. The number of aryl methyl sites for hydroxylation is 1. The number of allylic oxidation sites excluding steroid dienone is 2. The molecule has 0 aliphatic carbocycles. The summed E-state index contributed by atoms with van der Waals surface area (Å²) in [6.45, 7) is 17.1. The molecule has 1 aliphatic heterocycles. The van der Waals surface area contributed by atoms with E-state index < -0.39 is 0 Å². The molecule has 3 N–H and O–H groups in total. The first kappa shape index (κ1) is 33.1. The molecule has 0 amide bonds. The van der Waals surface area contributed by atoms with E-state index in [0.29, 0.717) is 6.42 Å². The van der Waals surface area contributed by atoms with Gasteiger partial charge in [0.05, 0.1) is 10.9 Å². The number of thioether (sulfide) groups is 1. The zero-order valence-electron chi connectivity index (χ0n) is 24.5. The molecule has 3 nitrogen and oxygen atoms in total. The molecule has 0 radical (unpaired) electrons. The van der Waals surface area contributed by atoms with Crippen LogP contribution in [0.4, 0.5) is 0 Å². The molecule has 0 bridgehead atoms. The maximum absolute atomic E-state index is 11.5. The number of aliphatic hydroxyl groups excluding tert-OH is 1. The standard InChI is InChI=1S/C26H40N2OS.C5H6.C2H6/c1-6-14-26(16-19(17-27-5)24(29)20(8-3)18(4)7-2)25-22(13-15-30-26)21-11-9-10-12-23(21)28-25;1-3-5-4-2;1-2/h9-12,19,24,27-29H,6-8,13-17H2,1-5H3;1,4H,2,5H2;1-2H3/b20-18-;;. The molecular weight excluding hydrogens is 472 g/mol. The van der Waals surface area contributed by atoms with Crippen LogP contribution in [-0.4, -0.2) is 35.5 Å². The Morgan fingerprint density at radius 1 is 1.27 bits per heavy atom. The van der Waals surface area contributed by atoms with Gasteiger partial charge in [0.15, 0.2) is 0 Å². The maximum atomic E-state index is 11.5. The summed E-state index contributed by atoms with van der Waals surface area (Å²) in [5.74, 6) is 3.75. The van der Waals surface area contributed by atoms with E-state index in [-0.39, 0.29) is 16.8 Å². The molecule has 0 saturated carbocycles. The topological polar surface area (TPSA) is 48.0 Å². The molecule has 3 atom stereocenters. The van der Waals surface area contributed by atoms with Gasteiger partial charge in [-0.15, -0.1) is 30.7 Å². The van der Waals surface area contributed by atoms with Crippen LogP contribution in [0.3, 0.4) is 0 Å². The van der Waals surface area contributed by atoms with Crippen molar-refractivity contribution in [2.45, 2.75) is 97.3 Å². The Hall–Kier alpha value is -1.93. The summed E-state index contributed by atoms with van der Waals surface area (Å²) in [5.41, 5.74) is 6.77. The van der Waals surface area contributed by atoms with Crippen molar-refractivity contribution in [1.29, 1.82) is 0 Å². The second-order valence-corrected chi connectivity index (χ2v) is 11.0. The molecule has 1 aromatic heterocycles. The Kier molecular flexibility index (Phi) is 15.7. The first-order valence-electron chi connectivity index (χ1n) is 14.2. The second-order valence-electron chi connectivity index (χ2n) is 9.54. The van der Waals surface area contributed by atoms with Crippen LogP contribution >= 0.6 is 11.8 Å². The molecule has 1 aliphatic rings. The lowest BCUT2D eigenvalue weighted by molar-refractivity contribution is 0.121. The van der Waals surface area contributed by atoms with Gasteiger partial charge < -0.3 is 15.4 Å². The van der Waals surface area contributed by atoms with Crippen LogP contribution in [0.5, 0.6) is 0 Å². The van der Waals surface area contributed by atoms with E-state index in [1.165, 1.54) is 33.3 Å². The van der Waals surface area contributed by atoms with Gasteiger partial charge in [-0.1, -0.05) is 70.9 Å². The molecule has 0 saturated heterocycles. The predicted octanol–water partition coefficient (Wildman–Crippen LogP) is 8.40. The van der Waals surface area contributed by atoms with Gasteiger partial charge in [0, 0.05) is 35.5 Å². The average molecular weight is 525 g/mol. The Morgan fingerprint density at radius 2 is 1.97 bits per heavy atom. The Bertz CT molecular complexity index is 1010. The van der Waals surface area contributed by atoms with E-state index in [1.54, 1.807) is 6.08 Å². The number of fused-ring (bicyclic) bond motifs is 3. The molecule has 2 aromatic rings. The molecule has 3 rings (SSSR count). The fourth-order valence-electron chi connectivity index (χ4n) is 5.47. The fraction of sp³-hybridized carbons (Fsp3) is 0.576. The van der Waals surface area contributed by atoms with Crippen LogP contribution in [0.1, 0.15) is 91.3 Å². The minimum absolute atomic E-state index is 0.0445. The van der Waals surface area contributed by atoms with Crippen LogP contribution in [0.15, 0.2) is 48.1 Å².